The van der Waals surface area contributed by atoms with Gasteiger partial charge in [-0.3, -0.25) is 8.37 Å². The van der Waals surface area contributed by atoms with Gasteiger partial charge in [0.05, 0.1) is 6.61 Å². The molecule has 0 amide bonds. The molecule has 16 heavy (non-hydrogen) atoms. The zero-order valence-electron chi connectivity index (χ0n) is 9.26. The molecule has 2 atom stereocenters. The van der Waals surface area contributed by atoms with Crippen LogP contribution in [0, 0.1) is 13.8 Å². The first-order chi connectivity index (χ1) is 7.66. The summed E-state index contributed by atoms with van der Waals surface area (Å²) >= 11 is -1.60. The maximum absolute atomic E-state index is 10.8. The van der Waals surface area contributed by atoms with E-state index in [1.54, 1.807) is 0 Å². The number of ether oxygens (including phenoxy) is 1. The van der Waals surface area contributed by atoms with Gasteiger partial charge < -0.3 is 4.74 Å². The lowest BCUT2D eigenvalue weighted by Crippen LogP contribution is -2.20. The van der Waals surface area contributed by atoms with Gasteiger partial charge in [0.25, 0.3) is 0 Å². The maximum atomic E-state index is 10.8. The minimum Gasteiger partial charge on any atom is -0.490 e. The molecule has 0 radical (unpaired) electrons. The number of rotatable bonds is 3. The molecule has 1 fully saturated rings. The van der Waals surface area contributed by atoms with Crippen LogP contribution in [0.1, 0.15) is 11.1 Å². The zero-order chi connectivity index (χ0) is 11.5. The molecule has 0 spiro atoms. The van der Waals surface area contributed by atoms with Gasteiger partial charge in [0.15, 0.2) is 0 Å². The molecule has 1 heterocycles. The highest BCUT2D eigenvalue weighted by atomic mass is 32.2. The molecule has 0 aliphatic carbocycles. The van der Waals surface area contributed by atoms with Gasteiger partial charge in [-0.1, -0.05) is 18.2 Å². The summed E-state index contributed by atoms with van der Waals surface area (Å²) in [6.07, 6.45) is -0.250. The SMILES string of the molecule is Cc1cccc(C)c1OC[C@@H]1CO[S@@](=O)O1. The monoisotopic (exact) mass is 242 g/mol. The molecule has 0 unspecified atom stereocenters. The Morgan fingerprint density at radius 1 is 1.44 bits per heavy atom. The first-order valence-electron chi connectivity index (χ1n) is 5.08. The Kier molecular flexibility index (Phi) is 3.58. The Morgan fingerprint density at radius 2 is 2.12 bits per heavy atom. The van der Waals surface area contributed by atoms with Gasteiger partial charge in [-0.15, -0.1) is 0 Å². The molecule has 0 aromatic heterocycles. The lowest BCUT2D eigenvalue weighted by molar-refractivity contribution is 0.150. The Morgan fingerprint density at radius 3 is 2.69 bits per heavy atom. The summed E-state index contributed by atoms with van der Waals surface area (Å²) < 4.78 is 26.2. The lowest BCUT2D eigenvalue weighted by atomic mass is 10.1. The van der Waals surface area contributed by atoms with Gasteiger partial charge in [-0.2, -0.15) is 4.21 Å². The number of hydrogen-bond donors (Lipinski definition) is 0. The van der Waals surface area contributed by atoms with Crippen molar-refractivity contribution in [1.29, 1.82) is 0 Å². The molecule has 0 N–H and O–H groups in total. The molecule has 1 aliphatic heterocycles. The molecule has 5 heteroatoms. The van der Waals surface area contributed by atoms with E-state index in [0.29, 0.717) is 13.2 Å². The predicted octanol–water partition coefficient (Wildman–Crippen LogP) is 1.68. The van der Waals surface area contributed by atoms with Crippen molar-refractivity contribution in [2.24, 2.45) is 0 Å². The van der Waals surface area contributed by atoms with Crippen molar-refractivity contribution in [3.63, 3.8) is 0 Å². The Hall–Kier alpha value is -0.910. The summed E-state index contributed by atoms with van der Waals surface area (Å²) in [6.45, 7) is 4.66. The normalized spacial score (nSPS) is 24.6. The average molecular weight is 242 g/mol. The van der Waals surface area contributed by atoms with Crippen LogP contribution in [0.5, 0.6) is 5.75 Å². The lowest BCUT2D eigenvalue weighted by Gasteiger charge is -2.13. The zero-order valence-corrected chi connectivity index (χ0v) is 10.1. The molecular weight excluding hydrogens is 228 g/mol. The second kappa shape index (κ2) is 4.95. The fraction of sp³-hybridized carbons (Fsp3) is 0.455. The quantitative estimate of drug-likeness (QED) is 0.809. The first kappa shape index (κ1) is 11.6. The summed E-state index contributed by atoms with van der Waals surface area (Å²) in [7, 11) is 0. The van der Waals surface area contributed by atoms with E-state index < -0.39 is 11.4 Å². The van der Waals surface area contributed by atoms with Crippen molar-refractivity contribution in [2.45, 2.75) is 20.0 Å². The van der Waals surface area contributed by atoms with E-state index in [1.165, 1.54) is 0 Å². The van der Waals surface area contributed by atoms with Crippen molar-refractivity contribution < 1.29 is 17.3 Å². The molecule has 0 bridgehead atoms. The van der Waals surface area contributed by atoms with Gasteiger partial charge in [-0.25, -0.2) is 0 Å². The molecule has 0 saturated carbocycles. The van der Waals surface area contributed by atoms with E-state index in [2.05, 4.69) is 0 Å². The van der Waals surface area contributed by atoms with Crippen molar-refractivity contribution >= 4 is 11.4 Å². The second-order valence-corrected chi connectivity index (χ2v) is 4.58. The molecule has 4 nitrogen and oxygen atoms in total. The van der Waals surface area contributed by atoms with Crippen LogP contribution < -0.4 is 4.74 Å². The predicted molar refractivity (Wildman–Crippen MR) is 60.4 cm³/mol. The van der Waals surface area contributed by atoms with Crippen LogP contribution in [0.15, 0.2) is 18.2 Å². The Balaban J connectivity index is 1.97. The minimum absolute atomic E-state index is 0.250. The largest absolute Gasteiger partial charge is 0.490 e. The highest BCUT2D eigenvalue weighted by molar-refractivity contribution is 7.75. The molecule has 1 aromatic carbocycles. The summed E-state index contributed by atoms with van der Waals surface area (Å²) in [5, 5.41) is 0. The maximum Gasteiger partial charge on any atom is 0.305 e. The minimum atomic E-state index is -1.60. The average Bonchev–Trinajstić information content (AvgIpc) is 2.63. The molecule has 2 rings (SSSR count). The Labute approximate surface area is 97.4 Å². The summed E-state index contributed by atoms with van der Waals surface area (Å²) in [6, 6.07) is 5.97. The van der Waals surface area contributed by atoms with Crippen molar-refractivity contribution in [1.82, 2.24) is 0 Å². The first-order valence-corrected chi connectivity index (χ1v) is 6.08. The summed E-state index contributed by atoms with van der Waals surface area (Å²) in [5.41, 5.74) is 2.17. The fourth-order valence-electron chi connectivity index (χ4n) is 1.58. The van der Waals surface area contributed by atoms with Gasteiger partial charge in [0.2, 0.25) is 0 Å². The van der Waals surface area contributed by atoms with Gasteiger partial charge in [-0.05, 0) is 25.0 Å². The van der Waals surface area contributed by atoms with Crippen LogP contribution >= 0.6 is 0 Å². The molecule has 1 aromatic rings. The van der Waals surface area contributed by atoms with E-state index in [9.17, 15) is 4.21 Å². The number of aryl methyl sites for hydroxylation is 2. The topological polar surface area (TPSA) is 44.8 Å². The van der Waals surface area contributed by atoms with Gasteiger partial charge in [0.1, 0.15) is 18.5 Å². The highest BCUT2D eigenvalue weighted by Gasteiger charge is 2.24. The van der Waals surface area contributed by atoms with E-state index >= 15 is 0 Å². The number of para-hydroxylation sites is 1. The van der Waals surface area contributed by atoms with Crippen LogP contribution in [-0.2, 0) is 19.7 Å². The van der Waals surface area contributed by atoms with E-state index in [-0.39, 0.29) is 6.10 Å². The van der Waals surface area contributed by atoms with Crippen LogP contribution in [0.4, 0.5) is 0 Å². The van der Waals surface area contributed by atoms with Crippen LogP contribution in [0.2, 0.25) is 0 Å². The Bertz CT molecular complexity index is 385. The molecular formula is C11H14O4S. The van der Waals surface area contributed by atoms with E-state index in [0.717, 1.165) is 16.9 Å². The third kappa shape index (κ3) is 2.61. The third-order valence-electron chi connectivity index (χ3n) is 2.39. The van der Waals surface area contributed by atoms with Gasteiger partial charge >= 0.3 is 11.4 Å². The van der Waals surface area contributed by atoms with Crippen LogP contribution in [-0.4, -0.2) is 23.5 Å². The smallest absolute Gasteiger partial charge is 0.305 e. The van der Waals surface area contributed by atoms with Crippen molar-refractivity contribution in [3.05, 3.63) is 29.3 Å². The van der Waals surface area contributed by atoms with Crippen LogP contribution in [0.25, 0.3) is 0 Å². The highest BCUT2D eigenvalue weighted by Crippen LogP contribution is 2.23. The summed E-state index contributed by atoms with van der Waals surface area (Å²) in [4.78, 5) is 0. The fourth-order valence-corrected chi connectivity index (χ4v) is 2.23. The number of benzene rings is 1. The standard InChI is InChI=1S/C11H14O4S/c1-8-4-3-5-9(2)11(8)13-6-10-7-14-16(12)15-10/h3-5,10H,6-7H2,1-2H3/t10-,16-/m1/s1. The van der Waals surface area contributed by atoms with Crippen molar-refractivity contribution in [2.75, 3.05) is 13.2 Å². The van der Waals surface area contributed by atoms with Crippen molar-refractivity contribution in [3.8, 4) is 5.75 Å². The molecule has 88 valence electrons. The third-order valence-corrected chi connectivity index (χ3v) is 3.14. The van der Waals surface area contributed by atoms with Crippen LogP contribution in [0.3, 0.4) is 0 Å². The van der Waals surface area contributed by atoms with Gasteiger partial charge in [0, 0.05) is 0 Å². The van der Waals surface area contributed by atoms with E-state index in [4.69, 9.17) is 13.1 Å². The second-order valence-electron chi connectivity index (χ2n) is 3.74. The molecule has 1 saturated heterocycles. The number of hydrogen-bond acceptors (Lipinski definition) is 4. The molecule has 1 aliphatic rings. The van der Waals surface area contributed by atoms with E-state index in [1.807, 2.05) is 32.0 Å². The summed E-state index contributed by atoms with van der Waals surface area (Å²) in [5.74, 6) is 0.865.